The summed E-state index contributed by atoms with van der Waals surface area (Å²) in [6, 6.07) is 153. The van der Waals surface area contributed by atoms with Crippen LogP contribution in [0.3, 0.4) is 0 Å². The van der Waals surface area contributed by atoms with Gasteiger partial charge in [-0.2, -0.15) is 5.26 Å². The lowest BCUT2D eigenvalue weighted by molar-refractivity contribution is 0.436. The van der Waals surface area contributed by atoms with E-state index in [9.17, 15) is 5.26 Å². The molecule has 17 aromatic carbocycles. The molecule has 22 aromatic rings. The zero-order chi connectivity index (χ0) is 92.1. The number of hydrogen-bond acceptors (Lipinski definition) is 15. The summed E-state index contributed by atoms with van der Waals surface area (Å²) in [6.45, 7) is 0. The number of ether oxygens (including phenoxy) is 2. The topological polar surface area (TPSA) is 197 Å². The van der Waals surface area contributed by atoms with Crippen LogP contribution in [0.15, 0.2) is 443 Å². The first-order chi connectivity index (χ1) is 68.7. The van der Waals surface area contributed by atoms with Crippen LogP contribution in [0.2, 0.25) is 0 Å². The number of pyridine rings is 1. The van der Waals surface area contributed by atoms with Crippen LogP contribution in [-0.2, 0) is 17.3 Å². The number of fused-ring (bicyclic) bond motifs is 18. The van der Waals surface area contributed by atoms with Gasteiger partial charge in [0.15, 0.2) is 58.2 Å². The van der Waals surface area contributed by atoms with E-state index in [2.05, 4.69) is 231 Å². The number of hydrogen-bond donors (Lipinski definition) is 0. The van der Waals surface area contributed by atoms with Gasteiger partial charge >= 0.3 is 0 Å². The van der Waals surface area contributed by atoms with Crippen molar-refractivity contribution < 1.29 is 9.47 Å². The van der Waals surface area contributed by atoms with E-state index >= 15 is 0 Å². The lowest BCUT2D eigenvalue weighted by Crippen LogP contribution is -2.32. The molecule has 648 valence electrons. The lowest BCUT2D eigenvalue weighted by Gasteiger charge is -2.39. The van der Waals surface area contributed by atoms with E-state index in [4.69, 9.17) is 69.3 Å². The van der Waals surface area contributed by atoms with Gasteiger partial charge in [-0.05, 0) is 140 Å². The fourth-order valence-corrected chi connectivity index (χ4v) is 20.7. The van der Waals surface area contributed by atoms with Gasteiger partial charge in [-0.1, -0.05) is 370 Å². The summed E-state index contributed by atoms with van der Waals surface area (Å²) in [5.41, 5.74) is 29.1. The highest BCUT2D eigenvalue weighted by atomic mass is 16.5. The number of nitrogens with zero attached hydrogens (tertiary/aromatic N) is 13. The Hall–Kier alpha value is -18.9. The van der Waals surface area contributed by atoms with Gasteiger partial charge in [0.2, 0.25) is 0 Å². The molecular weight excluding hydrogens is 1700 g/mol. The van der Waals surface area contributed by atoms with Crippen LogP contribution in [0.25, 0.3) is 181 Å². The van der Waals surface area contributed by atoms with Crippen LogP contribution in [0.1, 0.15) is 61.2 Å². The third-order valence-electron chi connectivity index (χ3n) is 27.1. The summed E-state index contributed by atoms with van der Waals surface area (Å²) in [5, 5.41) is 9.68. The van der Waals surface area contributed by atoms with Gasteiger partial charge in [0.1, 0.15) is 23.0 Å². The summed E-state index contributed by atoms with van der Waals surface area (Å²) in [7, 11) is 0. The van der Waals surface area contributed by atoms with Crippen molar-refractivity contribution in [2.24, 2.45) is 0 Å². The Balaban J connectivity index is 0.595. The standard InChI is InChI=1S/C124H75N13O2/c125-75-77-49-52-79(53-50-77)88-36-24-37-90(70-88)119-131-116(84-30-10-3-11-31-84)134-121(135-119)92-62-66-102-111(73-92)139-109-46-21-19-42-100(109)124(102)103-43-25-39-95(122-136-117(85-32-12-4-13-33-85)130-118(137-122)86-34-14-5-15-35-86)112(103)94-63-51-78(69-104(94)124)68-76-47-54-87(55-48-76)113-127-106(81-58-56-80(57-59-81)105-44-22-23-67-126-105)74-107(128-113)89-60-65-101-110(72-89)138-108-45-20-18-41-99(108)123(101)97-40-17-16-38-93(97)96-71-91(61-64-98(96)123)120-132-114(82-26-6-1-7-27-82)129-115(133-120)83-28-8-2-9-29-83/h1-67,69-74H,68H2. The zero-order valence-electron chi connectivity index (χ0n) is 74.5. The van der Waals surface area contributed by atoms with E-state index in [1.165, 1.54) is 0 Å². The summed E-state index contributed by atoms with van der Waals surface area (Å²) in [4.78, 5) is 63.1. The summed E-state index contributed by atoms with van der Waals surface area (Å²) < 4.78 is 14.6. The van der Waals surface area contributed by atoms with Crippen molar-refractivity contribution in [3.63, 3.8) is 0 Å². The summed E-state index contributed by atoms with van der Waals surface area (Å²) in [5.74, 6) is 8.33. The predicted octanol–water partition coefficient (Wildman–Crippen LogP) is 28.2. The Labute approximate surface area is 800 Å². The molecule has 0 bridgehead atoms. The average Bonchev–Trinajstić information content (AvgIpc) is 1.50. The Kier molecular flexibility index (Phi) is 19.4. The molecule has 0 N–H and O–H groups in total. The van der Waals surface area contributed by atoms with Gasteiger partial charge in [-0.25, -0.2) is 54.8 Å². The Morgan fingerprint density at radius 1 is 0.201 bits per heavy atom. The molecule has 0 saturated carbocycles. The van der Waals surface area contributed by atoms with E-state index in [-0.39, 0.29) is 0 Å². The minimum Gasteiger partial charge on any atom is -0.457 e. The first-order valence-corrected chi connectivity index (χ1v) is 46.3. The minimum atomic E-state index is -0.987. The second kappa shape index (κ2) is 33.4. The summed E-state index contributed by atoms with van der Waals surface area (Å²) in [6.07, 6.45) is 2.39. The maximum absolute atomic E-state index is 9.68. The van der Waals surface area contributed by atoms with E-state index < -0.39 is 10.8 Å². The zero-order valence-corrected chi connectivity index (χ0v) is 74.5. The molecule has 2 aliphatic heterocycles. The minimum absolute atomic E-state index is 0.471. The van der Waals surface area contributed by atoms with Crippen molar-refractivity contribution in [1.82, 2.24) is 59.8 Å². The van der Waals surface area contributed by atoms with Crippen LogP contribution in [0.4, 0.5) is 0 Å². The second-order valence-electron chi connectivity index (χ2n) is 35.2. The van der Waals surface area contributed by atoms with Crippen molar-refractivity contribution in [1.29, 1.82) is 5.26 Å². The van der Waals surface area contributed by atoms with Gasteiger partial charge in [-0.15, -0.1) is 0 Å². The molecule has 15 nitrogen and oxygen atoms in total. The van der Waals surface area contributed by atoms with E-state index in [1.54, 1.807) is 0 Å². The van der Waals surface area contributed by atoms with Gasteiger partial charge in [0.25, 0.3) is 0 Å². The molecule has 2 spiro atoms. The fourth-order valence-electron chi connectivity index (χ4n) is 20.7. The molecule has 0 fully saturated rings. The lowest BCUT2D eigenvalue weighted by atomic mass is 9.65. The van der Waals surface area contributed by atoms with Gasteiger partial charge in [-0.3, -0.25) is 4.98 Å². The quantitative estimate of drug-likeness (QED) is 0.0885. The molecule has 26 rings (SSSR count). The molecule has 139 heavy (non-hydrogen) atoms. The largest absolute Gasteiger partial charge is 0.457 e. The Morgan fingerprint density at radius 3 is 1.12 bits per heavy atom. The first-order valence-electron chi connectivity index (χ1n) is 46.3. The number of aromatic nitrogens is 12. The van der Waals surface area contributed by atoms with Crippen LogP contribution in [0, 0.1) is 11.3 Å². The van der Waals surface area contributed by atoms with Gasteiger partial charge in [0.05, 0.1) is 39.5 Å². The molecule has 2 atom stereocenters. The first kappa shape index (κ1) is 80.9. The fraction of sp³-hybridized carbons (Fsp3) is 0.0242. The molecule has 15 heteroatoms. The Morgan fingerprint density at radius 2 is 0.568 bits per heavy atom. The molecule has 0 saturated heterocycles. The van der Waals surface area contributed by atoms with Crippen molar-refractivity contribution in [3.8, 4) is 210 Å². The highest BCUT2D eigenvalue weighted by Crippen LogP contribution is 2.66. The van der Waals surface area contributed by atoms with Crippen molar-refractivity contribution in [2.45, 2.75) is 17.3 Å². The highest BCUT2D eigenvalue weighted by molar-refractivity contribution is 5.97. The van der Waals surface area contributed by atoms with Crippen molar-refractivity contribution in [2.75, 3.05) is 0 Å². The van der Waals surface area contributed by atoms with Crippen LogP contribution in [-0.4, -0.2) is 59.8 Å². The van der Waals surface area contributed by atoms with E-state index in [0.29, 0.717) is 81.7 Å². The van der Waals surface area contributed by atoms with Gasteiger partial charge in [0, 0.05) is 101 Å². The maximum Gasteiger partial charge on any atom is 0.164 e. The normalized spacial score (nSPS) is 14.1. The highest BCUT2D eigenvalue weighted by Gasteiger charge is 2.54. The molecule has 0 radical (unpaired) electrons. The monoisotopic (exact) mass is 1780 g/mol. The molecule has 7 heterocycles. The molecule has 2 unspecified atom stereocenters. The van der Waals surface area contributed by atoms with Crippen LogP contribution in [0.5, 0.6) is 23.0 Å². The number of rotatable bonds is 16. The molecule has 4 aliphatic rings. The number of para-hydroxylation sites is 2. The maximum atomic E-state index is 9.68. The third kappa shape index (κ3) is 14.0. The van der Waals surface area contributed by atoms with E-state index in [0.717, 1.165) is 190 Å². The summed E-state index contributed by atoms with van der Waals surface area (Å²) >= 11 is 0. The van der Waals surface area contributed by atoms with Crippen LogP contribution < -0.4 is 9.47 Å². The Bertz CT molecular complexity index is 8600. The SMILES string of the molecule is N#Cc1ccc(-c2cccc(-c3nc(-c4ccccc4)nc(-c4ccc5c(c4)Oc4ccccc4C54c5cc(Cc6ccc(-c7nc(-c8ccc(-c9ccccn9)cc8)cc(-c8ccc9c(c8)Oc8ccccc8C98c9ccccc9-c9cc(-c%10nc(-c%11ccccc%11)nc(-c%11ccccc%11)n%10)ccc98)n7)cc6)ccc5-c5c(-c6nc(-c7ccccc7)nc(-c7ccccc7)n6)cccc54)n3)c2)cc1. The molecule has 2 aliphatic carbocycles. The average molecular weight is 1780 g/mol. The number of benzene rings is 17. The third-order valence-corrected chi connectivity index (χ3v) is 27.1. The molecule has 0 amide bonds. The molecular formula is C124H75N13O2. The van der Waals surface area contributed by atoms with Gasteiger partial charge < -0.3 is 9.47 Å². The molecule has 5 aromatic heterocycles. The van der Waals surface area contributed by atoms with Crippen LogP contribution >= 0.6 is 0 Å². The van der Waals surface area contributed by atoms with E-state index in [1.807, 2.05) is 219 Å². The second-order valence-corrected chi connectivity index (χ2v) is 35.2. The number of nitriles is 1. The predicted molar refractivity (Wildman–Crippen MR) is 545 cm³/mol. The smallest absolute Gasteiger partial charge is 0.164 e. The van der Waals surface area contributed by atoms with Crippen molar-refractivity contribution in [3.05, 3.63) is 504 Å². The van der Waals surface area contributed by atoms with Crippen molar-refractivity contribution >= 4 is 0 Å².